The van der Waals surface area contributed by atoms with E-state index in [1.807, 2.05) is 30.3 Å². The maximum Gasteiger partial charge on any atom is 0.226 e. The second kappa shape index (κ2) is 6.37. The molecule has 2 aromatic carbocycles. The molecule has 0 saturated carbocycles. The number of nitrogens with one attached hydrogen (secondary N) is 1. The van der Waals surface area contributed by atoms with E-state index in [9.17, 15) is 0 Å². The van der Waals surface area contributed by atoms with E-state index in [1.54, 1.807) is 6.26 Å². The van der Waals surface area contributed by atoms with Crippen molar-refractivity contribution < 1.29 is 4.42 Å². The van der Waals surface area contributed by atoms with Crippen molar-refractivity contribution in [1.82, 2.24) is 10.3 Å². The molecule has 1 N–H and O–H groups in total. The van der Waals surface area contributed by atoms with Crippen LogP contribution >= 0.6 is 0 Å². The molecule has 0 aliphatic heterocycles. The van der Waals surface area contributed by atoms with E-state index < -0.39 is 0 Å². The fraction of sp³-hybridized carbons (Fsp3) is 0.167. The molecule has 0 saturated heterocycles. The summed E-state index contributed by atoms with van der Waals surface area (Å²) in [6.07, 6.45) is 1.72. The van der Waals surface area contributed by atoms with Crippen molar-refractivity contribution in [3.05, 3.63) is 77.7 Å². The normalized spacial score (nSPS) is 10.7. The van der Waals surface area contributed by atoms with Crippen molar-refractivity contribution in [2.45, 2.75) is 20.0 Å². The maximum atomic E-state index is 5.54. The quantitative estimate of drug-likeness (QED) is 0.768. The minimum Gasteiger partial charge on any atom is -0.444 e. The maximum absolute atomic E-state index is 5.54. The van der Waals surface area contributed by atoms with Crippen LogP contribution in [0.4, 0.5) is 0 Å². The van der Waals surface area contributed by atoms with Crippen LogP contribution in [0.15, 0.2) is 65.3 Å². The molecule has 0 aliphatic carbocycles. The van der Waals surface area contributed by atoms with Gasteiger partial charge in [0, 0.05) is 18.7 Å². The summed E-state index contributed by atoms with van der Waals surface area (Å²) in [5.74, 6) is 0.673. The van der Waals surface area contributed by atoms with Crippen molar-refractivity contribution in [1.29, 1.82) is 0 Å². The van der Waals surface area contributed by atoms with Gasteiger partial charge in [0.1, 0.15) is 6.26 Å². The summed E-state index contributed by atoms with van der Waals surface area (Å²) in [7, 11) is 0. The van der Waals surface area contributed by atoms with Crippen LogP contribution in [0, 0.1) is 6.92 Å². The smallest absolute Gasteiger partial charge is 0.226 e. The monoisotopic (exact) mass is 278 g/mol. The van der Waals surface area contributed by atoms with Crippen LogP contribution in [0.5, 0.6) is 0 Å². The molecule has 3 aromatic rings. The molecule has 0 spiro atoms. The molecule has 3 heteroatoms. The summed E-state index contributed by atoms with van der Waals surface area (Å²) in [5, 5.41) is 3.37. The molecular formula is C18H18N2O. The molecule has 0 radical (unpaired) electrons. The summed E-state index contributed by atoms with van der Waals surface area (Å²) >= 11 is 0. The highest BCUT2D eigenvalue weighted by Crippen LogP contribution is 2.19. The number of nitrogens with zero attached hydrogens (tertiary/aromatic N) is 1. The van der Waals surface area contributed by atoms with Gasteiger partial charge < -0.3 is 9.73 Å². The van der Waals surface area contributed by atoms with E-state index in [2.05, 4.69) is 41.5 Å². The first-order valence-electron chi connectivity index (χ1n) is 7.07. The number of aromatic nitrogens is 1. The average Bonchev–Trinajstić information content (AvgIpc) is 2.98. The molecule has 3 rings (SSSR count). The second-order valence-corrected chi connectivity index (χ2v) is 5.10. The highest BCUT2D eigenvalue weighted by molar-refractivity contribution is 5.53. The van der Waals surface area contributed by atoms with Gasteiger partial charge >= 0.3 is 0 Å². The van der Waals surface area contributed by atoms with E-state index >= 15 is 0 Å². The molecular weight excluding hydrogens is 260 g/mol. The Balaban J connectivity index is 1.59. The largest absolute Gasteiger partial charge is 0.444 e. The van der Waals surface area contributed by atoms with Crippen LogP contribution in [-0.2, 0) is 13.1 Å². The molecule has 1 heterocycles. The minimum atomic E-state index is 0.673. The lowest BCUT2D eigenvalue weighted by Gasteiger charge is -2.01. The first-order chi connectivity index (χ1) is 10.3. The van der Waals surface area contributed by atoms with Crippen molar-refractivity contribution in [2.75, 3.05) is 0 Å². The number of hydrogen-bond acceptors (Lipinski definition) is 3. The summed E-state index contributed by atoms with van der Waals surface area (Å²) in [6, 6.07) is 18.5. The van der Waals surface area contributed by atoms with E-state index in [1.165, 1.54) is 11.1 Å². The van der Waals surface area contributed by atoms with Gasteiger partial charge in [0.05, 0.1) is 5.69 Å². The van der Waals surface area contributed by atoms with Crippen molar-refractivity contribution in [2.24, 2.45) is 0 Å². The zero-order chi connectivity index (χ0) is 14.5. The molecule has 1 aromatic heterocycles. The van der Waals surface area contributed by atoms with E-state index in [0.29, 0.717) is 12.4 Å². The summed E-state index contributed by atoms with van der Waals surface area (Å²) in [6.45, 7) is 3.59. The van der Waals surface area contributed by atoms with Gasteiger partial charge in [0.15, 0.2) is 0 Å². The Morgan fingerprint density at radius 2 is 1.71 bits per heavy atom. The van der Waals surface area contributed by atoms with E-state index in [4.69, 9.17) is 4.42 Å². The van der Waals surface area contributed by atoms with Gasteiger partial charge in [-0.25, -0.2) is 4.98 Å². The first-order valence-corrected chi connectivity index (χ1v) is 7.07. The zero-order valence-electron chi connectivity index (χ0n) is 12.0. The summed E-state index contributed by atoms with van der Waals surface area (Å²) in [4.78, 5) is 4.51. The fourth-order valence-corrected chi connectivity index (χ4v) is 2.15. The van der Waals surface area contributed by atoms with Crippen LogP contribution in [0.25, 0.3) is 11.5 Å². The first kappa shape index (κ1) is 13.6. The summed E-state index contributed by atoms with van der Waals surface area (Å²) < 4.78 is 5.54. The molecule has 0 atom stereocenters. The second-order valence-electron chi connectivity index (χ2n) is 5.10. The predicted octanol–water partition coefficient (Wildman–Crippen LogP) is 3.94. The van der Waals surface area contributed by atoms with Crippen LogP contribution in [0.2, 0.25) is 0 Å². The highest BCUT2D eigenvalue weighted by atomic mass is 16.3. The average molecular weight is 278 g/mol. The number of oxazole rings is 1. The molecule has 0 bridgehead atoms. The SMILES string of the molecule is Cc1ccc(-c2nc(CNCc3ccccc3)co2)cc1. The Morgan fingerprint density at radius 3 is 2.48 bits per heavy atom. The lowest BCUT2D eigenvalue weighted by molar-refractivity contribution is 0.570. The van der Waals surface area contributed by atoms with Crippen LogP contribution in [0.1, 0.15) is 16.8 Å². The van der Waals surface area contributed by atoms with Crippen molar-refractivity contribution in [3.63, 3.8) is 0 Å². The number of rotatable bonds is 5. The Bertz CT molecular complexity index is 687. The predicted molar refractivity (Wildman–Crippen MR) is 83.7 cm³/mol. The third kappa shape index (κ3) is 3.58. The van der Waals surface area contributed by atoms with Crippen molar-refractivity contribution in [3.8, 4) is 11.5 Å². The van der Waals surface area contributed by atoms with Crippen LogP contribution in [-0.4, -0.2) is 4.98 Å². The molecule has 0 unspecified atom stereocenters. The number of benzene rings is 2. The fourth-order valence-electron chi connectivity index (χ4n) is 2.15. The van der Waals surface area contributed by atoms with E-state index in [-0.39, 0.29) is 0 Å². The highest BCUT2D eigenvalue weighted by Gasteiger charge is 2.06. The standard InChI is InChI=1S/C18H18N2O/c1-14-7-9-16(10-8-14)18-20-17(13-21-18)12-19-11-15-5-3-2-4-6-15/h2-10,13,19H,11-12H2,1H3. The Morgan fingerprint density at radius 1 is 0.952 bits per heavy atom. The van der Waals surface area contributed by atoms with Crippen LogP contribution in [0.3, 0.4) is 0 Å². The molecule has 106 valence electrons. The van der Waals surface area contributed by atoms with Gasteiger partial charge in [-0.3, -0.25) is 0 Å². The Hall–Kier alpha value is -2.39. The van der Waals surface area contributed by atoms with Gasteiger partial charge in [-0.05, 0) is 24.6 Å². The van der Waals surface area contributed by atoms with E-state index in [0.717, 1.165) is 17.8 Å². The lowest BCUT2D eigenvalue weighted by Crippen LogP contribution is -2.12. The van der Waals surface area contributed by atoms with Gasteiger partial charge in [-0.1, -0.05) is 48.0 Å². The molecule has 0 amide bonds. The lowest BCUT2D eigenvalue weighted by atomic mass is 10.1. The van der Waals surface area contributed by atoms with Gasteiger partial charge in [-0.2, -0.15) is 0 Å². The summed E-state index contributed by atoms with van der Waals surface area (Å²) in [5.41, 5.74) is 4.42. The molecule has 3 nitrogen and oxygen atoms in total. The molecule has 0 fully saturated rings. The third-order valence-electron chi connectivity index (χ3n) is 3.33. The van der Waals surface area contributed by atoms with Gasteiger partial charge in [-0.15, -0.1) is 0 Å². The van der Waals surface area contributed by atoms with Gasteiger partial charge in [0.2, 0.25) is 5.89 Å². The van der Waals surface area contributed by atoms with Crippen LogP contribution < -0.4 is 5.32 Å². The topological polar surface area (TPSA) is 38.1 Å². The van der Waals surface area contributed by atoms with Crippen molar-refractivity contribution >= 4 is 0 Å². The molecule has 0 aliphatic rings. The van der Waals surface area contributed by atoms with Gasteiger partial charge in [0.25, 0.3) is 0 Å². The number of aryl methyl sites for hydroxylation is 1. The minimum absolute atomic E-state index is 0.673. The number of hydrogen-bond donors (Lipinski definition) is 1. The zero-order valence-corrected chi connectivity index (χ0v) is 12.0. The Kier molecular flexibility index (Phi) is 4.12. The molecule has 21 heavy (non-hydrogen) atoms. The third-order valence-corrected chi connectivity index (χ3v) is 3.33. The Labute approximate surface area is 124 Å².